The maximum absolute atomic E-state index is 11.3. The molecular weight excluding hydrogens is 290 g/mol. The second-order valence-corrected chi connectivity index (χ2v) is 4.95. The number of ether oxygens (including phenoxy) is 2. The number of hydrogen-bond donors (Lipinski definition) is 0. The van der Waals surface area contributed by atoms with E-state index in [4.69, 9.17) is 4.74 Å². The van der Waals surface area contributed by atoms with Crippen molar-refractivity contribution in [1.82, 2.24) is 4.90 Å². The van der Waals surface area contributed by atoms with Crippen molar-refractivity contribution in [3.63, 3.8) is 0 Å². The molecule has 0 aliphatic carbocycles. The van der Waals surface area contributed by atoms with Crippen LogP contribution in [-0.4, -0.2) is 62.7 Å². The van der Waals surface area contributed by atoms with Crippen molar-refractivity contribution in [3.8, 4) is 5.75 Å². The molecule has 1 aliphatic heterocycles. The zero-order valence-electron chi connectivity index (χ0n) is 12.7. The molecule has 0 spiro atoms. The Morgan fingerprint density at radius 2 is 1.95 bits per heavy atom. The molecule has 1 aromatic carbocycles. The lowest BCUT2D eigenvalue weighted by atomic mass is 10.2. The van der Waals surface area contributed by atoms with Gasteiger partial charge in [0.1, 0.15) is 0 Å². The van der Waals surface area contributed by atoms with Crippen LogP contribution in [0.15, 0.2) is 18.2 Å². The molecule has 0 atom stereocenters. The molecule has 0 amide bonds. The Labute approximate surface area is 128 Å². The molecular formula is C14H19N3O5. The highest BCUT2D eigenvalue weighted by atomic mass is 16.6. The topological polar surface area (TPSA) is 85.2 Å². The molecule has 2 rings (SSSR count). The van der Waals surface area contributed by atoms with Gasteiger partial charge >= 0.3 is 11.7 Å². The van der Waals surface area contributed by atoms with Gasteiger partial charge in [-0.25, -0.2) is 0 Å². The van der Waals surface area contributed by atoms with Crippen LogP contribution in [0.3, 0.4) is 0 Å². The Hall–Kier alpha value is -2.35. The third kappa shape index (κ3) is 3.64. The Bertz CT molecular complexity index is 555. The standard InChI is InChI=1S/C14H19N3O5/c1-21-13-9-11(3-4-12(13)17(19)20)16-7-5-15(6-8-16)10-14(18)22-2/h3-4,9H,5-8,10H2,1-2H3. The van der Waals surface area contributed by atoms with Gasteiger partial charge in [-0.15, -0.1) is 0 Å². The summed E-state index contributed by atoms with van der Waals surface area (Å²) in [6.07, 6.45) is 0. The van der Waals surface area contributed by atoms with Crippen LogP contribution in [0, 0.1) is 10.1 Å². The fourth-order valence-electron chi connectivity index (χ4n) is 2.43. The average molecular weight is 309 g/mol. The van der Waals surface area contributed by atoms with Crippen LogP contribution in [0.5, 0.6) is 5.75 Å². The van der Waals surface area contributed by atoms with Gasteiger partial charge in [-0.3, -0.25) is 19.8 Å². The molecule has 8 nitrogen and oxygen atoms in total. The average Bonchev–Trinajstić information content (AvgIpc) is 2.54. The highest BCUT2D eigenvalue weighted by Crippen LogP contribution is 2.31. The molecule has 22 heavy (non-hydrogen) atoms. The zero-order valence-corrected chi connectivity index (χ0v) is 12.7. The first-order valence-electron chi connectivity index (χ1n) is 6.91. The van der Waals surface area contributed by atoms with Gasteiger partial charge in [-0.1, -0.05) is 0 Å². The van der Waals surface area contributed by atoms with Crippen molar-refractivity contribution in [2.75, 3.05) is 51.8 Å². The van der Waals surface area contributed by atoms with Crippen LogP contribution in [-0.2, 0) is 9.53 Å². The van der Waals surface area contributed by atoms with Crippen LogP contribution >= 0.6 is 0 Å². The minimum atomic E-state index is -0.461. The number of nitrogens with zero attached hydrogens (tertiary/aromatic N) is 3. The fourth-order valence-corrected chi connectivity index (χ4v) is 2.43. The van der Waals surface area contributed by atoms with E-state index in [0.717, 1.165) is 31.9 Å². The largest absolute Gasteiger partial charge is 0.490 e. The smallest absolute Gasteiger partial charge is 0.319 e. The number of nitro groups is 1. The van der Waals surface area contributed by atoms with Crippen LogP contribution in [0.1, 0.15) is 0 Å². The lowest BCUT2D eigenvalue weighted by Crippen LogP contribution is -2.48. The van der Waals surface area contributed by atoms with Crippen LogP contribution in [0.2, 0.25) is 0 Å². The number of carbonyl (C=O) groups excluding carboxylic acids is 1. The number of esters is 1. The number of nitro benzene ring substituents is 1. The molecule has 1 fully saturated rings. The maximum Gasteiger partial charge on any atom is 0.319 e. The van der Waals surface area contributed by atoms with Crippen LogP contribution in [0.25, 0.3) is 0 Å². The third-order valence-electron chi connectivity index (χ3n) is 3.68. The van der Waals surface area contributed by atoms with Crippen molar-refractivity contribution in [1.29, 1.82) is 0 Å². The molecule has 1 heterocycles. The predicted molar refractivity (Wildman–Crippen MR) is 80.3 cm³/mol. The summed E-state index contributed by atoms with van der Waals surface area (Å²) in [4.78, 5) is 25.8. The first-order valence-corrected chi connectivity index (χ1v) is 6.91. The van der Waals surface area contributed by atoms with Gasteiger partial charge in [-0.05, 0) is 6.07 Å². The Balaban J connectivity index is 2.02. The first-order chi connectivity index (χ1) is 10.5. The second kappa shape index (κ2) is 7.08. The summed E-state index contributed by atoms with van der Waals surface area (Å²) >= 11 is 0. The second-order valence-electron chi connectivity index (χ2n) is 4.95. The molecule has 0 N–H and O–H groups in total. The molecule has 0 radical (unpaired) electrons. The van der Waals surface area contributed by atoms with E-state index in [1.165, 1.54) is 20.3 Å². The number of piperazine rings is 1. The van der Waals surface area contributed by atoms with Gasteiger partial charge in [0.25, 0.3) is 0 Å². The summed E-state index contributed by atoms with van der Waals surface area (Å²) < 4.78 is 9.74. The Morgan fingerprint density at radius 1 is 1.27 bits per heavy atom. The lowest BCUT2D eigenvalue weighted by Gasteiger charge is -2.35. The SMILES string of the molecule is COC(=O)CN1CCN(c2ccc([N+](=O)[O-])c(OC)c2)CC1. The van der Waals surface area contributed by atoms with Crippen molar-refractivity contribution in [3.05, 3.63) is 28.3 Å². The summed E-state index contributed by atoms with van der Waals surface area (Å²) in [6.45, 7) is 3.21. The summed E-state index contributed by atoms with van der Waals surface area (Å²) in [5.74, 6) is 0.00458. The summed E-state index contributed by atoms with van der Waals surface area (Å²) in [7, 11) is 2.79. The number of anilines is 1. The minimum Gasteiger partial charge on any atom is -0.490 e. The first kappa shape index (κ1) is 16.0. The van der Waals surface area contributed by atoms with Gasteiger partial charge in [0.05, 0.1) is 25.7 Å². The normalized spacial score (nSPS) is 15.5. The number of benzene rings is 1. The monoisotopic (exact) mass is 309 g/mol. The maximum atomic E-state index is 11.3. The summed E-state index contributed by atoms with van der Waals surface area (Å²) in [5, 5.41) is 10.9. The van der Waals surface area contributed by atoms with Crippen molar-refractivity contribution in [2.45, 2.75) is 0 Å². The van der Waals surface area contributed by atoms with Gasteiger partial charge in [0.2, 0.25) is 0 Å². The molecule has 0 bridgehead atoms. The highest BCUT2D eigenvalue weighted by Gasteiger charge is 2.22. The van der Waals surface area contributed by atoms with Gasteiger partial charge in [0, 0.05) is 44.0 Å². The van der Waals surface area contributed by atoms with E-state index in [-0.39, 0.29) is 24.0 Å². The molecule has 1 aromatic rings. The Morgan fingerprint density at radius 3 is 2.50 bits per heavy atom. The number of hydrogen-bond acceptors (Lipinski definition) is 7. The fraction of sp³-hybridized carbons (Fsp3) is 0.500. The molecule has 1 saturated heterocycles. The van der Waals surface area contributed by atoms with Crippen LogP contribution < -0.4 is 9.64 Å². The van der Waals surface area contributed by atoms with Crippen LogP contribution in [0.4, 0.5) is 11.4 Å². The highest BCUT2D eigenvalue weighted by molar-refractivity contribution is 5.71. The number of methoxy groups -OCH3 is 2. The van der Waals surface area contributed by atoms with E-state index >= 15 is 0 Å². The zero-order chi connectivity index (χ0) is 16.1. The van der Waals surface area contributed by atoms with Crippen molar-refractivity contribution in [2.24, 2.45) is 0 Å². The van der Waals surface area contributed by atoms with E-state index in [2.05, 4.69) is 9.64 Å². The molecule has 0 unspecified atom stereocenters. The van der Waals surface area contributed by atoms with E-state index in [0.29, 0.717) is 0 Å². The van der Waals surface area contributed by atoms with E-state index < -0.39 is 4.92 Å². The number of rotatable bonds is 5. The molecule has 8 heteroatoms. The van der Waals surface area contributed by atoms with E-state index in [9.17, 15) is 14.9 Å². The van der Waals surface area contributed by atoms with E-state index in [1.807, 2.05) is 4.90 Å². The quantitative estimate of drug-likeness (QED) is 0.454. The molecule has 120 valence electrons. The van der Waals surface area contributed by atoms with Crippen molar-refractivity contribution >= 4 is 17.3 Å². The van der Waals surface area contributed by atoms with E-state index in [1.54, 1.807) is 12.1 Å². The number of carbonyl (C=O) groups is 1. The van der Waals surface area contributed by atoms with Crippen molar-refractivity contribution < 1.29 is 19.2 Å². The summed E-state index contributed by atoms with van der Waals surface area (Å²) in [6, 6.07) is 4.85. The Kier molecular flexibility index (Phi) is 5.16. The molecule has 0 aromatic heterocycles. The van der Waals surface area contributed by atoms with Gasteiger partial charge in [-0.2, -0.15) is 0 Å². The van der Waals surface area contributed by atoms with Gasteiger partial charge < -0.3 is 14.4 Å². The minimum absolute atomic E-state index is 0.0458. The molecule has 0 saturated carbocycles. The summed E-state index contributed by atoms with van der Waals surface area (Å²) in [5.41, 5.74) is 0.829. The lowest BCUT2D eigenvalue weighted by molar-refractivity contribution is -0.385. The predicted octanol–water partition coefficient (Wildman–Crippen LogP) is 0.898. The molecule has 1 aliphatic rings. The van der Waals surface area contributed by atoms with Gasteiger partial charge in [0.15, 0.2) is 5.75 Å². The third-order valence-corrected chi connectivity index (χ3v) is 3.68.